The molecule has 0 saturated carbocycles. The minimum Gasteiger partial charge on any atom is -0.508 e. The van der Waals surface area contributed by atoms with E-state index in [1.807, 2.05) is 0 Å². The first-order chi connectivity index (χ1) is 17.5. The minimum atomic E-state index is -2.92. The van der Waals surface area contributed by atoms with Crippen LogP contribution in [-0.4, -0.2) is 56.2 Å². The van der Waals surface area contributed by atoms with E-state index in [9.17, 15) is 15.3 Å². The molecule has 0 aliphatic rings. The zero-order valence-corrected chi connectivity index (χ0v) is 14.5. The molecule has 0 aliphatic carbocycles. The summed E-state index contributed by atoms with van der Waals surface area (Å²) < 4.78 is 97.2. The Bertz CT molecular complexity index is 1080. The molecule has 0 aliphatic heterocycles. The molecule has 0 aromatic heterocycles. The molecular weight excluding hydrogens is 348 g/mol. The normalized spacial score (nSPS) is 23.5. The minimum absolute atomic E-state index is 0.0553. The predicted octanol–water partition coefficient (Wildman–Crippen LogP) is 1.57. The van der Waals surface area contributed by atoms with E-state index < -0.39 is 39.1 Å². The van der Waals surface area contributed by atoms with Gasteiger partial charge in [-0.05, 0) is 49.3 Å². The van der Waals surface area contributed by atoms with Crippen molar-refractivity contribution in [3.63, 3.8) is 0 Å². The summed E-state index contributed by atoms with van der Waals surface area (Å²) >= 11 is 0. The summed E-state index contributed by atoms with van der Waals surface area (Å²) in [7, 11) is 1.42. The van der Waals surface area contributed by atoms with Gasteiger partial charge in [0.1, 0.15) is 11.5 Å². The number of rotatable bonds is 9. The predicted molar refractivity (Wildman–Crippen MR) is 105 cm³/mol. The molecule has 2 aromatic carbocycles. The van der Waals surface area contributed by atoms with Crippen LogP contribution in [0.4, 0.5) is 0 Å². The number of aliphatic hydroxyl groups is 2. The highest BCUT2D eigenvalue weighted by Crippen LogP contribution is 2.19. The van der Waals surface area contributed by atoms with E-state index in [0.29, 0.717) is 0 Å². The van der Waals surface area contributed by atoms with Crippen LogP contribution in [0.1, 0.15) is 39.7 Å². The number of likely N-dealkylation sites (N-methyl/N-ethyl adjacent to an activating group) is 2. The Balaban J connectivity index is 0.000000395. The molecule has 0 saturated heterocycles. The van der Waals surface area contributed by atoms with Crippen LogP contribution < -0.4 is 15.4 Å². The Hall–Kier alpha value is -2.16. The standard InChI is InChI=1S/C11H17NO3.C9H13NO2/c1-12-7-11(13)9-4-3-5-10(6-9)15-8-14-2;1-10-6-9(12)7-3-2-4-8(11)5-7/h3-6,11-13H,7-8H2,1-2H3;2-5,9-12H,6H2,1H3/t11-;9-/m00/s1/i1D3,7D2,11D;1D3,6D2,9D. The summed E-state index contributed by atoms with van der Waals surface area (Å²) in [6.07, 6.45) is -5.69. The Kier molecular flexibility index (Phi) is 5.04. The zero-order valence-electron chi connectivity index (χ0n) is 26.5. The van der Waals surface area contributed by atoms with Gasteiger partial charge in [0.25, 0.3) is 0 Å². The van der Waals surface area contributed by atoms with Gasteiger partial charge in [-0.15, -0.1) is 0 Å². The van der Waals surface area contributed by atoms with Crippen LogP contribution >= 0.6 is 0 Å². The Morgan fingerprint density at radius 3 is 2.19 bits per heavy atom. The second kappa shape index (κ2) is 13.1. The topological polar surface area (TPSA) is 103 Å². The fourth-order valence-corrected chi connectivity index (χ4v) is 1.78. The van der Waals surface area contributed by atoms with Crippen molar-refractivity contribution in [1.29, 1.82) is 0 Å². The number of hydrogen-bond acceptors (Lipinski definition) is 7. The first kappa shape index (κ1) is 10.4. The Labute approximate surface area is 177 Å². The van der Waals surface area contributed by atoms with Gasteiger partial charge < -0.3 is 35.4 Å². The van der Waals surface area contributed by atoms with Crippen molar-refractivity contribution < 1.29 is 41.2 Å². The van der Waals surface area contributed by atoms with Crippen molar-refractivity contribution in [3.05, 3.63) is 59.7 Å². The van der Waals surface area contributed by atoms with Crippen LogP contribution in [0.3, 0.4) is 0 Å². The van der Waals surface area contributed by atoms with Crippen LogP contribution in [0.25, 0.3) is 0 Å². The van der Waals surface area contributed by atoms with Gasteiger partial charge in [-0.2, -0.15) is 0 Å². The maximum Gasteiger partial charge on any atom is 0.188 e. The van der Waals surface area contributed by atoms with E-state index in [1.54, 1.807) is 10.6 Å². The second-order valence-corrected chi connectivity index (χ2v) is 4.83. The quantitative estimate of drug-likeness (QED) is 0.414. The van der Waals surface area contributed by atoms with E-state index in [1.165, 1.54) is 49.6 Å². The third-order valence-electron chi connectivity index (χ3n) is 2.93. The van der Waals surface area contributed by atoms with Gasteiger partial charge in [0.05, 0.1) is 14.9 Å². The highest BCUT2D eigenvalue weighted by molar-refractivity contribution is 5.30. The summed E-state index contributed by atoms with van der Waals surface area (Å²) in [4.78, 5) is 0. The molecule has 7 heteroatoms. The van der Waals surface area contributed by atoms with Crippen molar-refractivity contribution in [3.8, 4) is 11.5 Å². The molecule has 0 unspecified atom stereocenters. The van der Waals surface area contributed by atoms with Gasteiger partial charge in [0, 0.05) is 33.8 Å². The number of hydrogen-bond donors (Lipinski definition) is 5. The van der Waals surface area contributed by atoms with E-state index in [-0.39, 0.29) is 29.4 Å². The molecule has 0 radical (unpaired) electrons. The third kappa shape index (κ3) is 8.85. The molecule has 7 nitrogen and oxygen atoms in total. The molecule has 27 heavy (non-hydrogen) atoms. The SMILES string of the molecule is [2H]C([2H])([2H])NC([2H])([2H])[C@]([2H])(O)c1cccc(O)c1.[2H]C([2H])([2H])NC([2H])([2H])[C@]([2H])(O)c1cccc(OCOC)c1. The van der Waals surface area contributed by atoms with Gasteiger partial charge in [-0.1, -0.05) is 24.3 Å². The summed E-state index contributed by atoms with van der Waals surface area (Å²) in [5, 5.41) is 32.4. The summed E-state index contributed by atoms with van der Waals surface area (Å²) in [5.41, 5.74) is -0.415. The molecule has 5 N–H and O–H groups in total. The second-order valence-electron chi connectivity index (χ2n) is 4.83. The van der Waals surface area contributed by atoms with Gasteiger partial charge >= 0.3 is 0 Å². The van der Waals surface area contributed by atoms with Crippen molar-refractivity contribution >= 4 is 0 Å². The maximum absolute atomic E-state index is 10.1. The fourth-order valence-electron chi connectivity index (χ4n) is 1.78. The molecule has 2 aromatic rings. The van der Waals surface area contributed by atoms with Crippen molar-refractivity contribution in [1.82, 2.24) is 10.6 Å². The van der Waals surface area contributed by atoms with Crippen LogP contribution in [0.2, 0.25) is 0 Å². The number of phenols is 1. The average Bonchev–Trinajstić information content (AvgIpc) is 2.75. The lowest BCUT2D eigenvalue weighted by molar-refractivity contribution is 0.0508. The number of methoxy groups -OCH3 is 1. The van der Waals surface area contributed by atoms with Gasteiger partial charge in [-0.25, -0.2) is 0 Å². The molecule has 0 bridgehead atoms. The lowest BCUT2D eigenvalue weighted by atomic mass is 10.1. The van der Waals surface area contributed by atoms with Crippen LogP contribution in [0.15, 0.2) is 48.5 Å². The molecule has 0 fully saturated rings. The molecule has 2 rings (SSSR count). The molecule has 150 valence electrons. The highest BCUT2D eigenvalue weighted by Gasteiger charge is 2.07. The van der Waals surface area contributed by atoms with Crippen LogP contribution in [0.5, 0.6) is 11.5 Å². The maximum atomic E-state index is 10.1. The van der Waals surface area contributed by atoms with Gasteiger partial charge in [0.15, 0.2) is 6.79 Å². The molecular formula is C20H30N2O5. The van der Waals surface area contributed by atoms with E-state index in [2.05, 4.69) is 0 Å². The summed E-state index contributed by atoms with van der Waals surface area (Å²) in [6, 6.07) is 10.3. The lowest BCUT2D eigenvalue weighted by Gasteiger charge is -2.12. The lowest BCUT2D eigenvalue weighted by Crippen LogP contribution is -2.16. The number of aromatic hydroxyl groups is 1. The summed E-state index contributed by atoms with van der Waals surface area (Å²) in [6.45, 7) is -11.6. The Morgan fingerprint density at radius 1 is 1.04 bits per heavy atom. The molecule has 0 heterocycles. The smallest absolute Gasteiger partial charge is 0.188 e. The van der Waals surface area contributed by atoms with Crippen molar-refractivity contribution in [2.45, 2.75) is 12.2 Å². The first-order valence-corrected chi connectivity index (χ1v) is 7.50. The first-order valence-electron chi connectivity index (χ1n) is 13.5. The third-order valence-corrected chi connectivity index (χ3v) is 2.93. The average molecular weight is 391 g/mol. The van der Waals surface area contributed by atoms with Crippen molar-refractivity contribution in [2.75, 3.05) is 40.8 Å². The zero-order chi connectivity index (χ0) is 30.5. The summed E-state index contributed by atoms with van der Waals surface area (Å²) in [5.74, 6) is -0.00688. The van der Waals surface area contributed by atoms with Crippen LogP contribution in [0, 0.1) is 0 Å². The molecule has 0 amide bonds. The fraction of sp³-hybridized carbons (Fsp3) is 0.400. The Morgan fingerprint density at radius 2 is 1.63 bits per heavy atom. The van der Waals surface area contributed by atoms with E-state index in [4.69, 9.17) is 25.9 Å². The highest BCUT2D eigenvalue weighted by atomic mass is 16.7. The van der Waals surface area contributed by atoms with Crippen LogP contribution in [-0.2, 0) is 4.74 Å². The number of ether oxygens (including phenoxy) is 2. The number of benzene rings is 2. The number of nitrogens with one attached hydrogen (secondary N) is 2. The molecule has 2 atom stereocenters. The number of phenolic OH excluding ortho intramolecular Hbond substituents is 1. The van der Waals surface area contributed by atoms with Gasteiger partial charge in [-0.3, -0.25) is 0 Å². The van der Waals surface area contributed by atoms with Gasteiger partial charge in [0.2, 0.25) is 0 Å². The largest absolute Gasteiger partial charge is 0.508 e. The monoisotopic (exact) mass is 390 g/mol. The molecule has 0 spiro atoms. The van der Waals surface area contributed by atoms with E-state index in [0.717, 1.165) is 6.07 Å². The van der Waals surface area contributed by atoms with Crippen molar-refractivity contribution in [2.24, 2.45) is 0 Å². The van der Waals surface area contributed by atoms with E-state index >= 15 is 0 Å².